The fourth-order valence-electron chi connectivity index (χ4n) is 8.28. The molecule has 0 bridgehead atoms. The molecule has 234 valence electrons. The van der Waals surface area contributed by atoms with Crippen LogP contribution in [0.1, 0.15) is 114 Å². The second-order valence-electron chi connectivity index (χ2n) is 13.2. The molecule has 3 aliphatic rings. The number of phenolic OH excluding ortho intramolecular Hbond substituents is 1. The molecule has 1 aromatic carbocycles. The molecule has 1 aromatic rings. The van der Waals surface area contributed by atoms with Crippen LogP contribution in [0.15, 0.2) is 18.2 Å². The Hall–Kier alpha value is -1.22. The van der Waals surface area contributed by atoms with E-state index in [1.165, 1.54) is 11.1 Å². The van der Waals surface area contributed by atoms with Gasteiger partial charge in [0.2, 0.25) is 0 Å². The van der Waals surface area contributed by atoms with Crippen molar-refractivity contribution in [2.75, 3.05) is 11.5 Å². The molecule has 0 spiro atoms. The Morgan fingerprint density at radius 2 is 1.59 bits per heavy atom. The number of aliphatic hydroxyl groups is 1. The minimum atomic E-state index is -5.54. The molecule has 0 heterocycles. The number of hydrogen-bond donors (Lipinski definition) is 2. The molecule has 0 saturated heterocycles. The molecule has 2 saturated carbocycles. The summed E-state index contributed by atoms with van der Waals surface area (Å²) in [6.45, 7) is 2.30. The maximum Gasteiger partial charge on any atom is 0.453 e. The molecule has 0 aliphatic heterocycles. The second-order valence-corrected chi connectivity index (χ2v) is 14.9. The number of hydrogen-bond acceptors (Lipinski definition) is 3. The zero-order chi connectivity index (χ0) is 29.8. The van der Waals surface area contributed by atoms with Gasteiger partial charge in [-0.1, -0.05) is 51.5 Å². The van der Waals surface area contributed by atoms with Crippen molar-refractivity contribution >= 4 is 10.8 Å². The van der Waals surface area contributed by atoms with Gasteiger partial charge in [-0.2, -0.15) is 22.0 Å². The van der Waals surface area contributed by atoms with E-state index in [4.69, 9.17) is 0 Å². The molecule has 3 aliphatic carbocycles. The van der Waals surface area contributed by atoms with Crippen molar-refractivity contribution in [1.82, 2.24) is 0 Å². The largest absolute Gasteiger partial charge is 0.508 e. The summed E-state index contributed by atoms with van der Waals surface area (Å²) in [5.41, 5.74) is 2.73. The van der Waals surface area contributed by atoms with Crippen molar-refractivity contribution in [1.29, 1.82) is 0 Å². The van der Waals surface area contributed by atoms with Gasteiger partial charge in [-0.15, -0.1) is 0 Å². The van der Waals surface area contributed by atoms with Gasteiger partial charge in [0.25, 0.3) is 0 Å². The number of benzene rings is 1. The van der Waals surface area contributed by atoms with E-state index in [0.717, 1.165) is 77.0 Å². The molecule has 0 aromatic heterocycles. The lowest BCUT2D eigenvalue weighted by molar-refractivity contribution is -0.284. The van der Waals surface area contributed by atoms with Crippen LogP contribution in [0, 0.1) is 23.2 Å². The summed E-state index contributed by atoms with van der Waals surface area (Å²) in [6.07, 6.45) is 5.97. The fourth-order valence-corrected chi connectivity index (χ4v) is 9.48. The van der Waals surface area contributed by atoms with Gasteiger partial charge in [0.1, 0.15) is 5.75 Å². The SMILES string of the molecule is C[C@]12CC[C@@H]3c4ccc(O)cc4C[C@@H](CCCCCCCCC[S@](=O)CCCC(F)(F)C(F)(F)F)[C@@H]3[C@H]1CC[C@@H]2O. The maximum atomic E-state index is 13.0. The van der Waals surface area contributed by atoms with Crippen LogP contribution in [-0.4, -0.2) is 44.1 Å². The first-order chi connectivity index (χ1) is 19.3. The summed E-state index contributed by atoms with van der Waals surface area (Å²) in [5, 5.41) is 21.0. The Bertz CT molecular complexity index is 1030. The summed E-state index contributed by atoms with van der Waals surface area (Å²) < 4.78 is 74.5. The molecule has 3 nitrogen and oxygen atoms in total. The van der Waals surface area contributed by atoms with E-state index in [9.17, 15) is 36.4 Å². The van der Waals surface area contributed by atoms with Gasteiger partial charge in [-0.3, -0.25) is 4.21 Å². The third-order valence-electron chi connectivity index (χ3n) is 10.6. The molecule has 7 atom stereocenters. The quantitative estimate of drug-likeness (QED) is 0.165. The Morgan fingerprint density at radius 3 is 2.29 bits per heavy atom. The van der Waals surface area contributed by atoms with Gasteiger partial charge in [0.15, 0.2) is 0 Å². The van der Waals surface area contributed by atoms with Gasteiger partial charge < -0.3 is 10.2 Å². The minimum Gasteiger partial charge on any atom is -0.508 e. The lowest BCUT2D eigenvalue weighted by Crippen LogP contribution is -2.47. The summed E-state index contributed by atoms with van der Waals surface area (Å²) in [7, 11) is -1.35. The number of phenols is 1. The van der Waals surface area contributed by atoms with Crippen molar-refractivity contribution in [3.8, 4) is 5.75 Å². The van der Waals surface area contributed by atoms with Crippen molar-refractivity contribution in [3.05, 3.63) is 29.3 Å². The Balaban J connectivity index is 1.15. The van der Waals surface area contributed by atoms with E-state index in [1.54, 1.807) is 0 Å². The lowest BCUT2D eigenvalue weighted by Gasteiger charge is -2.53. The molecule has 2 N–H and O–H groups in total. The monoisotopic (exact) mass is 606 g/mol. The average Bonchev–Trinajstić information content (AvgIpc) is 3.20. The van der Waals surface area contributed by atoms with Crippen LogP contribution in [0.3, 0.4) is 0 Å². The van der Waals surface area contributed by atoms with E-state index in [1.807, 2.05) is 12.1 Å². The van der Waals surface area contributed by atoms with E-state index in [2.05, 4.69) is 13.0 Å². The highest BCUT2D eigenvalue weighted by Gasteiger charge is 2.57. The predicted octanol–water partition coefficient (Wildman–Crippen LogP) is 8.68. The molecular formula is C32H47F5O3S. The van der Waals surface area contributed by atoms with Crippen LogP contribution in [-0.2, 0) is 17.2 Å². The normalized spacial score (nSPS) is 30.5. The molecule has 41 heavy (non-hydrogen) atoms. The summed E-state index contributed by atoms with van der Waals surface area (Å²) in [6, 6.07) is 5.92. The Kier molecular flexibility index (Phi) is 10.8. The molecule has 2 fully saturated rings. The van der Waals surface area contributed by atoms with Crippen molar-refractivity contribution < 1.29 is 36.4 Å². The zero-order valence-electron chi connectivity index (χ0n) is 24.2. The van der Waals surface area contributed by atoms with Crippen LogP contribution >= 0.6 is 0 Å². The Labute approximate surface area is 244 Å². The first kappa shape index (κ1) is 32.7. The van der Waals surface area contributed by atoms with Gasteiger partial charge in [-0.25, -0.2) is 0 Å². The number of rotatable bonds is 14. The highest BCUT2D eigenvalue weighted by molar-refractivity contribution is 7.84. The fraction of sp³-hybridized carbons (Fsp3) is 0.812. The van der Waals surface area contributed by atoms with Crippen LogP contribution in [0.2, 0.25) is 0 Å². The van der Waals surface area contributed by atoms with Crippen LogP contribution < -0.4 is 0 Å². The lowest BCUT2D eigenvalue weighted by atomic mass is 9.52. The van der Waals surface area contributed by atoms with E-state index < -0.39 is 35.7 Å². The molecule has 4 rings (SSSR count). The summed E-state index contributed by atoms with van der Waals surface area (Å²) in [4.78, 5) is 0. The first-order valence-corrected chi connectivity index (χ1v) is 17.1. The summed E-state index contributed by atoms with van der Waals surface area (Å²) in [5.74, 6) is -1.91. The molecule has 0 radical (unpaired) electrons. The zero-order valence-corrected chi connectivity index (χ0v) is 25.1. The highest BCUT2D eigenvalue weighted by Crippen LogP contribution is 2.62. The number of unbranched alkanes of at least 4 members (excludes halogenated alkanes) is 6. The third-order valence-corrected chi connectivity index (χ3v) is 12.0. The van der Waals surface area contributed by atoms with Crippen LogP contribution in [0.4, 0.5) is 22.0 Å². The van der Waals surface area contributed by atoms with E-state index in [-0.39, 0.29) is 17.3 Å². The molecule has 0 amide bonds. The van der Waals surface area contributed by atoms with Gasteiger partial charge in [-0.05, 0) is 104 Å². The third kappa shape index (κ3) is 7.66. The smallest absolute Gasteiger partial charge is 0.453 e. The van der Waals surface area contributed by atoms with E-state index >= 15 is 0 Å². The predicted molar refractivity (Wildman–Crippen MR) is 153 cm³/mol. The maximum absolute atomic E-state index is 13.0. The molecular weight excluding hydrogens is 559 g/mol. The minimum absolute atomic E-state index is 0.0195. The molecule has 0 unspecified atom stereocenters. The van der Waals surface area contributed by atoms with Gasteiger partial charge >= 0.3 is 12.1 Å². The van der Waals surface area contributed by atoms with Crippen molar-refractivity contribution in [2.24, 2.45) is 23.2 Å². The first-order valence-electron chi connectivity index (χ1n) is 15.6. The number of halogens is 5. The number of aliphatic hydroxyl groups excluding tert-OH is 1. The van der Waals surface area contributed by atoms with Crippen molar-refractivity contribution in [2.45, 2.75) is 127 Å². The number of aromatic hydroxyl groups is 1. The van der Waals surface area contributed by atoms with Gasteiger partial charge in [0, 0.05) is 28.7 Å². The van der Waals surface area contributed by atoms with Crippen LogP contribution in [0.5, 0.6) is 5.75 Å². The topological polar surface area (TPSA) is 57.5 Å². The van der Waals surface area contributed by atoms with E-state index in [0.29, 0.717) is 41.6 Å². The summed E-state index contributed by atoms with van der Waals surface area (Å²) >= 11 is 0. The number of fused-ring (bicyclic) bond motifs is 5. The van der Waals surface area contributed by atoms with Crippen molar-refractivity contribution in [3.63, 3.8) is 0 Å². The second kappa shape index (κ2) is 13.6. The number of alkyl halides is 5. The average molecular weight is 607 g/mol. The standard InChI is InChI=1S/C32H47F5O3S/c1-30-17-15-26-25-12-11-24(38)21-23(25)20-22(29(26)27(30)13-14-28(30)39)10-7-5-3-2-4-6-8-18-41(40)19-9-16-31(33,34)32(35,36)37/h11-12,21-22,26-29,38-39H,2-10,13-20H2,1H3/t22-,26-,27-,28+,29+,30+,41+/m1/s1. The highest BCUT2D eigenvalue weighted by atomic mass is 32.2. The van der Waals surface area contributed by atoms with Gasteiger partial charge in [0.05, 0.1) is 6.10 Å². The molecule has 9 heteroatoms. The van der Waals surface area contributed by atoms with Crippen LogP contribution in [0.25, 0.3) is 0 Å². The Morgan fingerprint density at radius 1 is 0.927 bits per heavy atom.